The second-order valence-electron chi connectivity index (χ2n) is 4.50. The van der Waals surface area contributed by atoms with E-state index in [2.05, 4.69) is 35.0 Å². The van der Waals surface area contributed by atoms with Crippen LogP contribution in [0.15, 0.2) is 46.9 Å². The molecular formula is C16H17BrO. The molecule has 0 aliphatic rings. The first-order valence-corrected chi connectivity index (χ1v) is 6.94. The van der Waals surface area contributed by atoms with Crippen LogP contribution < -0.4 is 0 Å². The van der Waals surface area contributed by atoms with Gasteiger partial charge in [0, 0.05) is 4.47 Å². The van der Waals surface area contributed by atoms with Crippen molar-refractivity contribution in [2.24, 2.45) is 0 Å². The molecule has 94 valence electrons. The average Bonchev–Trinajstić information content (AvgIpc) is 2.41. The van der Waals surface area contributed by atoms with E-state index >= 15 is 0 Å². The van der Waals surface area contributed by atoms with E-state index in [-0.39, 0.29) is 0 Å². The zero-order chi connectivity index (χ0) is 13.1. The van der Waals surface area contributed by atoms with Crippen LogP contribution in [0.1, 0.15) is 35.3 Å². The van der Waals surface area contributed by atoms with Gasteiger partial charge in [-0.15, -0.1) is 0 Å². The third kappa shape index (κ3) is 2.82. The monoisotopic (exact) mass is 304 g/mol. The van der Waals surface area contributed by atoms with Crippen molar-refractivity contribution in [3.05, 3.63) is 69.2 Å². The molecule has 0 saturated carbocycles. The largest absolute Gasteiger partial charge is 0.384 e. The lowest BCUT2D eigenvalue weighted by Crippen LogP contribution is -2.02. The summed E-state index contributed by atoms with van der Waals surface area (Å²) in [5.41, 5.74) is 4.28. The van der Waals surface area contributed by atoms with Gasteiger partial charge >= 0.3 is 0 Å². The molecule has 1 N–H and O–H groups in total. The van der Waals surface area contributed by atoms with Crippen LogP contribution in [0.3, 0.4) is 0 Å². The zero-order valence-corrected chi connectivity index (χ0v) is 12.2. The molecule has 0 radical (unpaired) electrons. The minimum Gasteiger partial charge on any atom is -0.384 e. The Morgan fingerprint density at radius 1 is 1.11 bits per heavy atom. The average molecular weight is 305 g/mol. The van der Waals surface area contributed by atoms with E-state index in [1.807, 2.05) is 37.3 Å². The number of halogens is 1. The van der Waals surface area contributed by atoms with E-state index in [4.69, 9.17) is 0 Å². The van der Waals surface area contributed by atoms with E-state index in [0.29, 0.717) is 0 Å². The van der Waals surface area contributed by atoms with Crippen LogP contribution >= 0.6 is 15.9 Å². The SMILES string of the molecule is CCc1ccc(C(O)c2cc(Br)ccc2C)cc1. The van der Waals surface area contributed by atoms with Gasteiger partial charge in [0.1, 0.15) is 6.10 Å². The molecular weight excluding hydrogens is 288 g/mol. The molecule has 0 aromatic heterocycles. The van der Waals surface area contributed by atoms with Crippen LogP contribution in [0, 0.1) is 6.92 Å². The number of hydrogen-bond donors (Lipinski definition) is 1. The summed E-state index contributed by atoms with van der Waals surface area (Å²) in [5.74, 6) is 0. The Bertz CT molecular complexity index is 531. The van der Waals surface area contributed by atoms with Gasteiger partial charge in [-0.2, -0.15) is 0 Å². The van der Waals surface area contributed by atoms with Crippen molar-refractivity contribution < 1.29 is 5.11 Å². The summed E-state index contributed by atoms with van der Waals surface area (Å²) < 4.78 is 0.993. The number of hydrogen-bond acceptors (Lipinski definition) is 1. The van der Waals surface area contributed by atoms with Gasteiger partial charge in [0.05, 0.1) is 0 Å². The molecule has 2 aromatic rings. The minimum absolute atomic E-state index is 0.562. The van der Waals surface area contributed by atoms with Gasteiger partial charge in [0.2, 0.25) is 0 Å². The zero-order valence-electron chi connectivity index (χ0n) is 10.7. The predicted octanol–water partition coefficient (Wildman–Crippen LogP) is 4.40. The van der Waals surface area contributed by atoms with Gasteiger partial charge < -0.3 is 5.11 Å². The van der Waals surface area contributed by atoms with E-state index < -0.39 is 6.10 Å². The minimum atomic E-state index is -0.562. The van der Waals surface area contributed by atoms with Crippen molar-refractivity contribution in [1.29, 1.82) is 0 Å². The van der Waals surface area contributed by atoms with Gasteiger partial charge in [-0.25, -0.2) is 0 Å². The molecule has 0 amide bonds. The lowest BCUT2D eigenvalue weighted by Gasteiger charge is -2.15. The standard InChI is InChI=1S/C16H17BrO/c1-3-12-5-7-13(8-6-12)16(18)15-10-14(17)9-4-11(15)2/h4-10,16,18H,3H2,1-2H3. The summed E-state index contributed by atoms with van der Waals surface area (Å²) in [6.45, 7) is 4.15. The van der Waals surface area contributed by atoms with E-state index in [1.165, 1.54) is 5.56 Å². The molecule has 0 aliphatic heterocycles. The summed E-state index contributed by atoms with van der Waals surface area (Å²) >= 11 is 3.45. The Labute approximate surface area is 117 Å². The molecule has 0 saturated heterocycles. The normalized spacial score (nSPS) is 12.4. The van der Waals surface area contributed by atoms with Gasteiger partial charge in [-0.05, 0) is 47.7 Å². The smallest absolute Gasteiger partial charge is 0.104 e. The first-order chi connectivity index (χ1) is 8.61. The Kier molecular flexibility index (Phi) is 4.20. The molecule has 0 fully saturated rings. The highest BCUT2D eigenvalue weighted by Gasteiger charge is 2.13. The molecule has 2 aromatic carbocycles. The van der Waals surface area contributed by atoms with Gasteiger partial charge in [-0.3, -0.25) is 0 Å². The molecule has 1 nitrogen and oxygen atoms in total. The Morgan fingerprint density at radius 3 is 2.39 bits per heavy atom. The van der Waals surface area contributed by atoms with Crippen LogP contribution in [0.4, 0.5) is 0 Å². The number of aliphatic hydroxyl groups is 1. The molecule has 0 bridgehead atoms. The molecule has 0 aliphatic carbocycles. The Morgan fingerprint density at radius 2 is 1.78 bits per heavy atom. The third-order valence-corrected chi connectivity index (χ3v) is 3.73. The lowest BCUT2D eigenvalue weighted by molar-refractivity contribution is 0.219. The van der Waals surface area contributed by atoms with Crippen molar-refractivity contribution in [1.82, 2.24) is 0 Å². The maximum Gasteiger partial charge on any atom is 0.104 e. The molecule has 18 heavy (non-hydrogen) atoms. The summed E-state index contributed by atoms with van der Waals surface area (Å²) in [6, 6.07) is 14.1. The second-order valence-corrected chi connectivity index (χ2v) is 5.41. The van der Waals surface area contributed by atoms with Gasteiger partial charge in [0.25, 0.3) is 0 Å². The van der Waals surface area contributed by atoms with Crippen molar-refractivity contribution >= 4 is 15.9 Å². The third-order valence-electron chi connectivity index (χ3n) is 3.24. The number of aliphatic hydroxyl groups excluding tert-OH is 1. The maximum absolute atomic E-state index is 10.4. The van der Waals surface area contributed by atoms with E-state index in [9.17, 15) is 5.11 Å². The summed E-state index contributed by atoms with van der Waals surface area (Å²) in [4.78, 5) is 0. The van der Waals surface area contributed by atoms with Crippen molar-refractivity contribution in [2.75, 3.05) is 0 Å². The highest BCUT2D eigenvalue weighted by atomic mass is 79.9. The first-order valence-electron chi connectivity index (χ1n) is 6.14. The quantitative estimate of drug-likeness (QED) is 0.891. The highest BCUT2D eigenvalue weighted by molar-refractivity contribution is 9.10. The van der Waals surface area contributed by atoms with Crippen molar-refractivity contribution in [3.8, 4) is 0 Å². The Balaban J connectivity index is 2.34. The molecule has 0 spiro atoms. The number of benzene rings is 2. The van der Waals surface area contributed by atoms with Crippen LogP contribution in [0.5, 0.6) is 0 Å². The Hall–Kier alpha value is -1.12. The fourth-order valence-corrected chi connectivity index (χ4v) is 2.40. The number of aryl methyl sites for hydroxylation is 2. The van der Waals surface area contributed by atoms with Crippen LogP contribution in [0.25, 0.3) is 0 Å². The van der Waals surface area contributed by atoms with E-state index in [1.54, 1.807) is 0 Å². The van der Waals surface area contributed by atoms with E-state index in [0.717, 1.165) is 27.6 Å². The van der Waals surface area contributed by atoms with Crippen molar-refractivity contribution in [2.45, 2.75) is 26.4 Å². The molecule has 1 unspecified atom stereocenters. The highest BCUT2D eigenvalue weighted by Crippen LogP contribution is 2.27. The van der Waals surface area contributed by atoms with Crippen LogP contribution in [-0.4, -0.2) is 5.11 Å². The molecule has 1 atom stereocenters. The van der Waals surface area contributed by atoms with Gasteiger partial charge in [-0.1, -0.05) is 53.2 Å². The van der Waals surface area contributed by atoms with Crippen LogP contribution in [-0.2, 0) is 6.42 Å². The predicted molar refractivity (Wildman–Crippen MR) is 78.8 cm³/mol. The summed E-state index contributed by atoms with van der Waals surface area (Å²) in [5, 5.41) is 10.4. The molecule has 2 heteroatoms. The number of rotatable bonds is 3. The summed E-state index contributed by atoms with van der Waals surface area (Å²) in [7, 11) is 0. The second kappa shape index (κ2) is 5.68. The fourth-order valence-electron chi connectivity index (χ4n) is 2.02. The summed E-state index contributed by atoms with van der Waals surface area (Å²) in [6.07, 6.45) is 0.458. The molecule has 0 heterocycles. The topological polar surface area (TPSA) is 20.2 Å². The van der Waals surface area contributed by atoms with Crippen LogP contribution in [0.2, 0.25) is 0 Å². The van der Waals surface area contributed by atoms with Crippen molar-refractivity contribution in [3.63, 3.8) is 0 Å². The molecule has 2 rings (SSSR count). The lowest BCUT2D eigenvalue weighted by atomic mass is 9.96. The fraction of sp³-hybridized carbons (Fsp3) is 0.250. The first kappa shape index (κ1) is 13.3. The van der Waals surface area contributed by atoms with Gasteiger partial charge in [0.15, 0.2) is 0 Å². The maximum atomic E-state index is 10.4.